The minimum absolute atomic E-state index is 0.0635. The molecule has 0 bridgehead atoms. The second kappa shape index (κ2) is 6.06. The highest BCUT2D eigenvalue weighted by molar-refractivity contribution is 7.08. The first-order chi connectivity index (χ1) is 10.6. The lowest BCUT2D eigenvalue weighted by molar-refractivity contribution is 0.0988. The van der Waals surface area contributed by atoms with Gasteiger partial charge in [0.2, 0.25) is 0 Å². The number of fused-ring (bicyclic) bond motifs is 2. The van der Waals surface area contributed by atoms with E-state index in [0.29, 0.717) is 6.54 Å². The van der Waals surface area contributed by atoms with Crippen LogP contribution in [0.15, 0.2) is 29.1 Å². The Hall–Kier alpha value is -1.92. The van der Waals surface area contributed by atoms with Gasteiger partial charge in [0.15, 0.2) is 5.82 Å². The monoisotopic (exact) mass is 316 g/mol. The van der Waals surface area contributed by atoms with Gasteiger partial charge in [0, 0.05) is 30.5 Å². The van der Waals surface area contributed by atoms with Crippen molar-refractivity contribution in [2.45, 2.75) is 6.42 Å². The van der Waals surface area contributed by atoms with Gasteiger partial charge in [-0.2, -0.15) is 0 Å². The third-order valence-electron chi connectivity index (χ3n) is 3.84. The van der Waals surface area contributed by atoms with Gasteiger partial charge in [-0.25, -0.2) is 4.98 Å². The Balaban J connectivity index is 2.01. The highest BCUT2D eigenvalue weighted by atomic mass is 32.1. The van der Waals surface area contributed by atoms with Gasteiger partial charge in [-0.05, 0) is 39.2 Å². The smallest absolute Gasteiger partial charge is 0.261 e. The summed E-state index contributed by atoms with van der Waals surface area (Å²) in [7, 11) is 6.06. The maximum absolute atomic E-state index is 12.9. The largest absolute Gasteiger partial charge is 0.326 e. The van der Waals surface area contributed by atoms with E-state index in [-0.39, 0.29) is 5.91 Å². The number of rotatable bonds is 4. The standard InChI is InChI=1S/C16H20N4OS/c1-18(2)8-5-9-20-13-6-4-7-17-15(13)19(3)14-11-22-10-12(14)16(20)21/h4,6-7,10-11H,5,8-9H2,1-3H3. The van der Waals surface area contributed by atoms with Gasteiger partial charge in [0.05, 0.1) is 16.9 Å². The Morgan fingerprint density at radius 2 is 2.09 bits per heavy atom. The fraction of sp³-hybridized carbons (Fsp3) is 0.375. The molecule has 0 fully saturated rings. The number of aromatic nitrogens is 1. The number of nitrogens with zero attached hydrogens (tertiary/aromatic N) is 4. The summed E-state index contributed by atoms with van der Waals surface area (Å²) in [5.74, 6) is 0.895. The lowest BCUT2D eigenvalue weighted by Gasteiger charge is -2.24. The fourth-order valence-electron chi connectivity index (χ4n) is 2.70. The van der Waals surface area contributed by atoms with Gasteiger partial charge in [-0.3, -0.25) is 4.79 Å². The van der Waals surface area contributed by atoms with Gasteiger partial charge < -0.3 is 14.7 Å². The van der Waals surface area contributed by atoms with Crippen molar-refractivity contribution in [1.82, 2.24) is 9.88 Å². The molecule has 0 radical (unpaired) electrons. The van der Waals surface area contributed by atoms with Crippen LogP contribution in [-0.2, 0) is 0 Å². The molecule has 1 amide bonds. The molecule has 0 spiro atoms. The topological polar surface area (TPSA) is 39.7 Å². The molecule has 116 valence electrons. The molecule has 5 nitrogen and oxygen atoms in total. The Labute approximate surface area is 134 Å². The van der Waals surface area contributed by atoms with Crippen LogP contribution in [0.4, 0.5) is 17.2 Å². The zero-order chi connectivity index (χ0) is 15.7. The SMILES string of the molecule is CN(C)CCCN1C(=O)c2cscc2N(C)c2ncccc21. The molecule has 3 heterocycles. The molecule has 0 atom stereocenters. The van der Waals surface area contributed by atoms with E-state index in [0.717, 1.165) is 35.7 Å². The average molecular weight is 316 g/mol. The van der Waals surface area contributed by atoms with Crippen molar-refractivity contribution in [3.8, 4) is 0 Å². The average Bonchev–Trinajstić information content (AvgIpc) is 2.97. The lowest BCUT2D eigenvalue weighted by atomic mass is 10.2. The second-order valence-electron chi connectivity index (χ2n) is 5.69. The fourth-order valence-corrected chi connectivity index (χ4v) is 3.54. The van der Waals surface area contributed by atoms with E-state index in [2.05, 4.69) is 9.88 Å². The van der Waals surface area contributed by atoms with Crippen molar-refractivity contribution in [3.63, 3.8) is 0 Å². The number of hydrogen-bond acceptors (Lipinski definition) is 5. The Morgan fingerprint density at radius 1 is 1.27 bits per heavy atom. The van der Waals surface area contributed by atoms with Crippen molar-refractivity contribution in [1.29, 1.82) is 0 Å². The quantitative estimate of drug-likeness (QED) is 0.869. The molecule has 22 heavy (non-hydrogen) atoms. The van der Waals surface area contributed by atoms with Crippen LogP contribution in [0.1, 0.15) is 16.8 Å². The van der Waals surface area contributed by atoms with Crippen LogP contribution < -0.4 is 9.80 Å². The number of hydrogen-bond donors (Lipinski definition) is 0. The molecule has 0 aromatic carbocycles. The normalized spacial score (nSPS) is 14.1. The van der Waals surface area contributed by atoms with Crippen LogP contribution >= 0.6 is 11.3 Å². The highest BCUT2D eigenvalue weighted by Gasteiger charge is 2.30. The summed E-state index contributed by atoms with van der Waals surface area (Å²) in [5, 5.41) is 3.94. The Morgan fingerprint density at radius 3 is 2.86 bits per heavy atom. The van der Waals surface area contributed by atoms with Gasteiger partial charge in [0.1, 0.15) is 0 Å². The molecule has 0 saturated carbocycles. The van der Waals surface area contributed by atoms with Gasteiger partial charge in [-0.1, -0.05) is 0 Å². The minimum atomic E-state index is 0.0635. The van der Waals surface area contributed by atoms with E-state index in [9.17, 15) is 4.79 Å². The number of amides is 1. The van der Waals surface area contributed by atoms with E-state index in [1.165, 1.54) is 0 Å². The predicted molar refractivity (Wildman–Crippen MR) is 91.5 cm³/mol. The maximum Gasteiger partial charge on any atom is 0.261 e. The first-order valence-corrected chi connectivity index (χ1v) is 8.25. The lowest BCUT2D eigenvalue weighted by Crippen LogP contribution is -2.32. The summed E-state index contributed by atoms with van der Waals surface area (Å²) >= 11 is 1.55. The Kier molecular flexibility index (Phi) is 4.13. The van der Waals surface area contributed by atoms with E-state index < -0.39 is 0 Å². The van der Waals surface area contributed by atoms with Crippen LogP contribution in [0.25, 0.3) is 0 Å². The summed E-state index contributed by atoms with van der Waals surface area (Å²) in [4.78, 5) is 23.4. The predicted octanol–water partition coefficient (Wildman–Crippen LogP) is 2.82. The maximum atomic E-state index is 12.9. The zero-order valence-electron chi connectivity index (χ0n) is 13.1. The first-order valence-electron chi connectivity index (χ1n) is 7.31. The number of anilines is 3. The van der Waals surface area contributed by atoms with E-state index in [1.54, 1.807) is 17.5 Å². The summed E-state index contributed by atoms with van der Waals surface area (Å²) in [6.07, 6.45) is 2.70. The van der Waals surface area contributed by atoms with Crippen LogP contribution in [0, 0.1) is 0 Å². The van der Waals surface area contributed by atoms with Crippen molar-refractivity contribution < 1.29 is 4.79 Å². The molecule has 2 aromatic rings. The number of carbonyl (C=O) groups excluding carboxylic acids is 1. The number of pyridine rings is 1. The van der Waals surface area contributed by atoms with Crippen molar-refractivity contribution in [2.75, 3.05) is 44.0 Å². The summed E-state index contributed by atoms with van der Waals surface area (Å²) < 4.78 is 0. The molecule has 0 unspecified atom stereocenters. The third-order valence-corrected chi connectivity index (χ3v) is 4.57. The van der Waals surface area contributed by atoms with Crippen LogP contribution in [0.2, 0.25) is 0 Å². The molecule has 2 aromatic heterocycles. The number of carbonyl (C=O) groups is 1. The third kappa shape index (κ3) is 2.60. The van der Waals surface area contributed by atoms with Crippen LogP contribution in [-0.4, -0.2) is 50.0 Å². The van der Waals surface area contributed by atoms with Gasteiger partial charge in [0.25, 0.3) is 5.91 Å². The van der Waals surface area contributed by atoms with E-state index >= 15 is 0 Å². The van der Waals surface area contributed by atoms with Crippen molar-refractivity contribution in [2.24, 2.45) is 0 Å². The van der Waals surface area contributed by atoms with Crippen LogP contribution in [0.5, 0.6) is 0 Å². The molecule has 1 aliphatic heterocycles. The minimum Gasteiger partial charge on any atom is -0.326 e. The second-order valence-corrected chi connectivity index (χ2v) is 6.43. The van der Waals surface area contributed by atoms with Crippen LogP contribution in [0.3, 0.4) is 0 Å². The highest BCUT2D eigenvalue weighted by Crippen LogP contribution is 2.39. The first kappa shape index (κ1) is 15.0. The molecule has 1 aliphatic rings. The summed E-state index contributed by atoms with van der Waals surface area (Å²) in [5.41, 5.74) is 2.58. The van der Waals surface area contributed by atoms with E-state index in [1.807, 2.05) is 53.8 Å². The van der Waals surface area contributed by atoms with Crippen molar-refractivity contribution >= 4 is 34.4 Å². The summed E-state index contributed by atoms with van der Waals surface area (Å²) in [6, 6.07) is 3.86. The van der Waals surface area contributed by atoms with E-state index in [4.69, 9.17) is 0 Å². The molecule has 0 aliphatic carbocycles. The molecular weight excluding hydrogens is 296 g/mol. The molecule has 3 rings (SSSR count). The van der Waals surface area contributed by atoms with Crippen molar-refractivity contribution in [3.05, 3.63) is 34.7 Å². The summed E-state index contributed by atoms with van der Waals surface area (Å²) in [6.45, 7) is 1.64. The zero-order valence-corrected chi connectivity index (χ0v) is 13.9. The number of thiophene rings is 1. The van der Waals surface area contributed by atoms with Gasteiger partial charge >= 0.3 is 0 Å². The molecule has 0 N–H and O–H groups in total. The molecule has 0 saturated heterocycles. The van der Waals surface area contributed by atoms with Gasteiger partial charge in [-0.15, -0.1) is 11.3 Å². The molecule has 6 heteroatoms. The Bertz CT molecular complexity index is 682. The molecular formula is C16H20N4OS.